The molecule has 1 aromatic carbocycles. The van der Waals surface area contributed by atoms with E-state index < -0.39 is 53.8 Å². The summed E-state index contributed by atoms with van der Waals surface area (Å²) in [4.78, 5) is 56.1. The zero-order valence-corrected chi connectivity index (χ0v) is 22.5. The van der Waals surface area contributed by atoms with Gasteiger partial charge in [0.25, 0.3) is 5.91 Å². The molecule has 2 unspecified atom stereocenters. The molecule has 38 heavy (non-hydrogen) atoms. The molecule has 13 heteroatoms. The van der Waals surface area contributed by atoms with Gasteiger partial charge in [0.1, 0.15) is 22.6 Å². The lowest BCUT2D eigenvalue weighted by Gasteiger charge is -2.28. The van der Waals surface area contributed by atoms with Crippen LogP contribution in [0.4, 0.5) is 0 Å². The monoisotopic (exact) mass is 550 g/mol. The van der Waals surface area contributed by atoms with Gasteiger partial charge in [0.05, 0.1) is 37.1 Å². The number of amides is 3. The Balaban J connectivity index is 2.18. The molecule has 4 atom stereocenters. The van der Waals surface area contributed by atoms with Crippen LogP contribution in [0.3, 0.4) is 0 Å². The van der Waals surface area contributed by atoms with Gasteiger partial charge in [0.15, 0.2) is 5.78 Å². The maximum Gasteiger partial charge on any atom is 0.263 e. The van der Waals surface area contributed by atoms with E-state index in [0.29, 0.717) is 15.4 Å². The van der Waals surface area contributed by atoms with Crippen LogP contribution in [-0.4, -0.2) is 96.5 Å². The fraction of sp³-hybridized carbons (Fsp3) is 0.480. The standard InChI is InChI=1S/C25H34N4O8S/c1-15-26-11-20(38-15)24(34)29-19(13-37-4)23(33)28-18(12-36-3)22(32)27-17(21(31)25(2,35)14-30)10-16-8-6-5-7-9-16/h5-9,11,17-19,30,35H,10,12-14H2,1-4H3,(H,27,32)(H,28,33)(H,29,34)/t17?,18-,19-,25?/m0/s1. The molecule has 0 radical (unpaired) electrons. The van der Waals surface area contributed by atoms with Gasteiger partial charge < -0.3 is 35.6 Å². The fourth-order valence-corrected chi connectivity index (χ4v) is 4.13. The molecule has 5 N–H and O–H groups in total. The van der Waals surface area contributed by atoms with Crippen LogP contribution in [0.15, 0.2) is 36.5 Å². The highest BCUT2D eigenvalue weighted by Crippen LogP contribution is 2.13. The second-order valence-corrected chi connectivity index (χ2v) is 10.0. The number of nitrogens with zero attached hydrogens (tertiary/aromatic N) is 1. The zero-order chi connectivity index (χ0) is 28.3. The van der Waals surface area contributed by atoms with E-state index in [0.717, 1.165) is 18.3 Å². The molecule has 0 aliphatic rings. The minimum absolute atomic E-state index is 0.0336. The van der Waals surface area contributed by atoms with Crippen molar-refractivity contribution in [2.24, 2.45) is 0 Å². The van der Waals surface area contributed by atoms with Gasteiger partial charge in [-0.3, -0.25) is 19.2 Å². The lowest BCUT2D eigenvalue weighted by molar-refractivity contribution is -0.144. The topological polar surface area (TPSA) is 176 Å². The van der Waals surface area contributed by atoms with E-state index >= 15 is 0 Å². The fourth-order valence-electron chi connectivity index (χ4n) is 3.45. The van der Waals surface area contributed by atoms with E-state index in [1.165, 1.54) is 20.4 Å². The summed E-state index contributed by atoms with van der Waals surface area (Å²) in [6, 6.07) is 5.20. The Morgan fingerprint density at radius 1 is 0.974 bits per heavy atom. The van der Waals surface area contributed by atoms with Gasteiger partial charge in [-0.2, -0.15) is 0 Å². The first-order valence-electron chi connectivity index (χ1n) is 11.8. The Labute approximate surface area is 224 Å². The third-order valence-corrected chi connectivity index (χ3v) is 6.43. The predicted molar refractivity (Wildman–Crippen MR) is 139 cm³/mol. The Hall–Kier alpha value is -3.23. The highest BCUT2D eigenvalue weighted by Gasteiger charge is 2.37. The molecule has 3 amide bonds. The quantitative estimate of drug-likeness (QED) is 0.193. The van der Waals surface area contributed by atoms with Gasteiger partial charge in [-0.05, 0) is 25.8 Å². The molecule has 0 spiro atoms. The first kappa shape index (κ1) is 31.0. The SMILES string of the molecule is COC[C@H](NC(=O)c1cnc(C)s1)C(=O)N[C@@H](COC)C(=O)NC(Cc1ccccc1)C(=O)C(C)(O)CO. The van der Waals surface area contributed by atoms with Crippen LogP contribution in [0, 0.1) is 6.92 Å². The molecule has 0 fully saturated rings. The number of carbonyl (C=O) groups excluding carboxylic acids is 4. The van der Waals surface area contributed by atoms with Crippen molar-refractivity contribution >= 4 is 34.8 Å². The first-order valence-corrected chi connectivity index (χ1v) is 12.6. The number of nitrogens with one attached hydrogen (secondary N) is 3. The molecule has 1 heterocycles. The molecular formula is C25H34N4O8S. The number of benzene rings is 1. The maximum absolute atomic E-state index is 13.2. The summed E-state index contributed by atoms with van der Waals surface area (Å²) in [6.07, 6.45) is 1.43. The number of hydrogen-bond acceptors (Lipinski definition) is 10. The molecule has 12 nitrogen and oxygen atoms in total. The smallest absolute Gasteiger partial charge is 0.263 e. The molecule has 0 bridgehead atoms. The summed E-state index contributed by atoms with van der Waals surface area (Å²) >= 11 is 1.16. The summed E-state index contributed by atoms with van der Waals surface area (Å²) in [7, 11) is 2.69. The number of carbonyl (C=O) groups is 4. The van der Waals surface area contributed by atoms with Gasteiger partial charge in [-0.25, -0.2) is 4.98 Å². The van der Waals surface area contributed by atoms with E-state index in [4.69, 9.17) is 9.47 Å². The summed E-state index contributed by atoms with van der Waals surface area (Å²) in [5.41, 5.74) is -1.40. The van der Waals surface area contributed by atoms with Gasteiger partial charge >= 0.3 is 0 Å². The number of aryl methyl sites for hydroxylation is 1. The van der Waals surface area contributed by atoms with Gasteiger partial charge in [0, 0.05) is 14.2 Å². The largest absolute Gasteiger partial charge is 0.393 e. The minimum Gasteiger partial charge on any atom is -0.393 e. The number of rotatable bonds is 15. The molecule has 2 rings (SSSR count). The van der Waals surface area contributed by atoms with Crippen molar-refractivity contribution < 1.29 is 38.9 Å². The number of hydrogen-bond donors (Lipinski definition) is 5. The number of aromatic nitrogens is 1. The maximum atomic E-state index is 13.2. The number of thiazole rings is 1. The third kappa shape index (κ3) is 8.96. The average Bonchev–Trinajstić information content (AvgIpc) is 3.34. The van der Waals surface area contributed by atoms with Crippen LogP contribution in [0.1, 0.15) is 27.2 Å². The van der Waals surface area contributed by atoms with Crippen LogP contribution >= 0.6 is 11.3 Å². The minimum atomic E-state index is -2.10. The van der Waals surface area contributed by atoms with Crippen LogP contribution in [0.25, 0.3) is 0 Å². The van der Waals surface area contributed by atoms with E-state index in [2.05, 4.69) is 20.9 Å². The number of methoxy groups -OCH3 is 2. The highest BCUT2D eigenvalue weighted by atomic mass is 32.1. The molecule has 0 aliphatic heterocycles. The Morgan fingerprint density at radius 3 is 2.03 bits per heavy atom. The molecule has 2 aromatic rings. The molecule has 0 aliphatic carbocycles. The van der Waals surface area contributed by atoms with Crippen LogP contribution in [0.2, 0.25) is 0 Å². The predicted octanol–water partition coefficient (Wildman–Crippen LogP) is -0.633. The number of ether oxygens (including phenoxy) is 2. The first-order chi connectivity index (χ1) is 18.0. The molecule has 0 saturated carbocycles. The molecular weight excluding hydrogens is 516 g/mol. The van der Waals surface area contributed by atoms with Crippen LogP contribution in [0.5, 0.6) is 0 Å². The lowest BCUT2D eigenvalue weighted by atomic mass is 9.91. The van der Waals surface area contributed by atoms with E-state index in [1.807, 2.05) is 0 Å². The second kappa shape index (κ2) is 14.6. The Bertz CT molecular complexity index is 1090. The Kier molecular flexibility index (Phi) is 11.9. The van der Waals surface area contributed by atoms with Crippen LogP contribution < -0.4 is 16.0 Å². The normalized spacial score (nSPS) is 15.0. The highest BCUT2D eigenvalue weighted by molar-refractivity contribution is 7.13. The summed E-state index contributed by atoms with van der Waals surface area (Å²) < 4.78 is 10.2. The third-order valence-electron chi connectivity index (χ3n) is 5.52. The van der Waals surface area contributed by atoms with Crippen molar-refractivity contribution in [3.8, 4) is 0 Å². The second-order valence-electron chi connectivity index (χ2n) is 8.79. The van der Waals surface area contributed by atoms with Crippen molar-refractivity contribution in [2.45, 2.75) is 44.0 Å². The number of ketones is 1. The van der Waals surface area contributed by atoms with E-state index in [-0.39, 0.29) is 19.6 Å². The van der Waals surface area contributed by atoms with Gasteiger partial charge in [-0.1, -0.05) is 30.3 Å². The van der Waals surface area contributed by atoms with Gasteiger partial charge in [-0.15, -0.1) is 11.3 Å². The summed E-state index contributed by atoms with van der Waals surface area (Å²) in [5, 5.41) is 28.1. The zero-order valence-electron chi connectivity index (χ0n) is 21.7. The van der Waals surface area contributed by atoms with Crippen LogP contribution in [-0.2, 0) is 30.3 Å². The van der Waals surface area contributed by atoms with Crippen molar-refractivity contribution in [3.63, 3.8) is 0 Å². The van der Waals surface area contributed by atoms with E-state index in [9.17, 15) is 29.4 Å². The number of Topliss-reactive ketones (excluding diaryl/α,β-unsaturated/α-hetero) is 1. The number of aliphatic hydroxyl groups excluding tert-OH is 1. The van der Waals surface area contributed by atoms with Crippen molar-refractivity contribution in [1.82, 2.24) is 20.9 Å². The molecule has 0 saturated heterocycles. The summed E-state index contributed by atoms with van der Waals surface area (Å²) in [5.74, 6) is -2.81. The van der Waals surface area contributed by atoms with Crippen molar-refractivity contribution in [1.29, 1.82) is 0 Å². The Morgan fingerprint density at radius 2 is 1.53 bits per heavy atom. The molecule has 1 aromatic heterocycles. The number of aliphatic hydroxyl groups is 2. The summed E-state index contributed by atoms with van der Waals surface area (Å²) in [6.45, 7) is 1.62. The molecule has 208 valence electrons. The van der Waals surface area contributed by atoms with Crippen molar-refractivity contribution in [3.05, 3.63) is 52.0 Å². The lowest BCUT2D eigenvalue weighted by Crippen LogP contribution is -2.60. The van der Waals surface area contributed by atoms with Gasteiger partial charge in [0.2, 0.25) is 11.8 Å². The van der Waals surface area contributed by atoms with Crippen molar-refractivity contribution in [2.75, 3.05) is 34.0 Å². The van der Waals surface area contributed by atoms with E-state index in [1.54, 1.807) is 37.3 Å². The average molecular weight is 551 g/mol.